The molecule has 0 fully saturated rings. The monoisotopic (exact) mass is 193 g/mol. The molecule has 0 saturated heterocycles. The van der Waals surface area contributed by atoms with Crippen molar-refractivity contribution in [1.82, 2.24) is 0 Å². The summed E-state index contributed by atoms with van der Waals surface area (Å²) >= 11 is 0. The van der Waals surface area contributed by atoms with Crippen molar-refractivity contribution in [2.75, 3.05) is 5.73 Å². The second kappa shape index (κ2) is 3.69. The van der Waals surface area contributed by atoms with Crippen molar-refractivity contribution in [3.63, 3.8) is 0 Å². The Hall–Kier alpha value is -1.53. The number of anilines is 1. The number of hydrogen-bond donors (Lipinski definition) is 2. The van der Waals surface area contributed by atoms with Gasteiger partial charge in [0, 0.05) is 5.56 Å². The van der Waals surface area contributed by atoms with Gasteiger partial charge in [0.25, 0.3) is 0 Å². The van der Waals surface area contributed by atoms with Gasteiger partial charge in [0.2, 0.25) is 0 Å². The fourth-order valence-electron chi connectivity index (χ4n) is 0.868. The van der Waals surface area contributed by atoms with Crippen LogP contribution in [0.25, 0.3) is 0 Å². The second-order valence-electron chi connectivity index (χ2n) is 3.54. The summed E-state index contributed by atoms with van der Waals surface area (Å²) in [5, 5.41) is 9.34. The van der Waals surface area contributed by atoms with Crippen LogP contribution in [-0.4, -0.2) is 10.7 Å². The highest BCUT2D eigenvalue weighted by molar-refractivity contribution is 5.56. The standard InChI is InChI=1S/C11H12FNO/c1-11(2,14)6-5-8-3-4-9(12)7-10(8)13/h3-4,7,14H,13H2,1-2H3. The first-order valence-corrected chi connectivity index (χ1v) is 4.19. The fraction of sp³-hybridized carbons (Fsp3) is 0.273. The van der Waals surface area contributed by atoms with Gasteiger partial charge >= 0.3 is 0 Å². The third-order valence-corrected chi connectivity index (χ3v) is 1.52. The van der Waals surface area contributed by atoms with Crippen LogP contribution in [0, 0.1) is 17.7 Å². The van der Waals surface area contributed by atoms with Crippen LogP contribution in [-0.2, 0) is 0 Å². The molecule has 3 N–H and O–H groups in total. The van der Waals surface area contributed by atoms with Crippen molar-refractivity contribution in [3.05, 3.63) is 29.6 Å². The number of rotatable bonds is 0. The lowest BCUT2D eigenvalue weighted by Crippen LogP contribution is -2.14. The Labute approximate surface area is 82.6 Å². The van der Waals surface area contributed by atoms with Crippen molar-refractivity contribution < 1.29 is 9.50 Å². The van der Waals surface area contributed by atoms with Crippen LogP contribution in [0.5, 0.6) is 0 Å². The SMILES string of the molecule is CC(C)(O)C#Cc1ccc(F)cc1N. The van der Waals surface area contributed by atoms with Gasteiger partial charge in [-0.2, -0.15) is 0 Å². The van der Waals surface area contributed by atoms with E-state index in [0.29, 0.717) is 5.56 Å². The predicted octanol–water partition coefficient (Wildman–Crippen LogP) is 1.53. The Bertz CT molecular complexity index is 396. The van der Waals surface area contributed by atoms with Crippen LogP contribution in [0.2, 0.25) is 0 Å². The third kappa shape index (κ3) is 3.08. The molecule has 1 aromatic carbocycles. The maximum Gasteiger partial charge on any atom is 0.125 e. The zero-order valence-corrected chi connectivity index (χ0v) is 8.13. The predicted molar refractivity (Wildman–Crippen MR) is 54.0 cm³/mol. The molecule has 1 rings (SSSR count). The fourth-order valence-corrected chi connectivity index (χ4v) is 0.868. The lowest BCUT2D eigenvalue weighted by Gasteiger charge is -2.06. The van der Waals surface area contributed by atoms with Crippen molar-refractivity contribution in [2.24, 2.45) is 0 Å². The first-order valence-electron chi connectivity index (χ1n) is 4.19. The van der Waals surface area contributed by atoms with Crippen LogP contribution >= 0.6 is 0 Å². The molecule has 0 spiro atoms. The smallest absolute Gasteiger partial charge is 0.125 e. The summed E-state index contributed by atoms with van der Waals surface area (Å²) < 4.78 is 12.6. The molecule has 74 valence electrons. The van der Waals surface area contributed by atoms with E-state index in [1.54, 1.807) is 13.8 Å². The average Bonchev–Trinajstić information content (AvgIpc) is 2.00. The van der Waals surface area contributed by atoms with Crippen molar-refractivity contribution >= 4 is 5.69 Å². The molecule has 0 saturated carbocycles. The van der Waals surface area contributed by atoms with E-state index < -0.39 is 11.4 Å². The number of hydrogen-bond acceptors (Lipinski definition) is 2. The maximum absolute atomic E-state index is 12.6. The van der Waals surface area contributed by atoms with Gasteiger partial charge in [0.05, 0.1) is 5.69 Å². The van der Waals surface area contributed by atoms with E-state index in [4.69, 9.17) is 5.73 Å². The molecule has 1 aromatic rings. The lowest BCUT2D eigenvalue weighted by molar-refractivity contribution is 0.143. The van der Waals surface area contributed by atoms with Gasteiger partial charge in [-0.25, -0.2) is 4.39 Å². The molecule has 14 heavy (non-hydrogen) atoms. The number of benzene rings is 1. The van der Waals surface area contributed by atoms with E-state index >= 15 is 0 Å². The van der Waals surface area contributed by atoms with Crippen molar-refractivity contribution in [2.45, 2.75) is 19.4 Å². The van der Waals surface area contributed by atoms with E-state index in [0.717, 1.165) is 0 Å². The van der Waals surface area contributed by atoms with Crippen LogP contribution in [0.3, 0.4) is 0 Å². The summed E-state index contributed by atoms with van der Waals surface area (Å²) in [6.45, 7) is 3.14. The minimum Gasteiger partial charge on any atom is -0.398 e. The quantitative estimate of drug-likeness (QED) is 0.485. The van der Waals surface area contributed by atoms with E-state index in [-0.39, 0.29) is 5.69 Å². The third-order valence-electron chi connectivity index (χ3n) is 1.52. The van der Waals surface area contributed by atoms with Crippen LogP contribution in [0.4, 0.5) is 10.1 Å². The van der Waals surface area contributed by atoms with Crippen molar-refractivity contribution in [1.29, 1.82) is 0 Å². The van der Waals surface area contributed by atoms with Gasteiger partial charge in [-0.3, -0.25) is 0 Å². The Balaban J connectivity index is 3.02. The highest BCUT2D eigenvalue weighted by Crippen LogP contribution is 2.12. The largest absolute Gasteiger partial charge is 0.398 e. The highest BCUT2D eigenvalue weighted by Gasteiger charge is 2.06. The minimum atomic E-state index is -1.07. The first-order chi connectivity index (χ1) is 6.38. The summed E-state index contributed by atoms with van der Waals surface area (Å²) in [5.41, 5.74) is 5.26. The molecule has 0 amide bonds. The maximum atomic E-state index is 12.6. The highest BCUT2D eigenvalue weighted by atomic mass is 19.1. The average molecular weight is 193 g/mol. The van der Waals surface area contributed by atoms with Gasteiger partial charge in [-0.15, -0.1) is 0 Å². The summed E-state index contributed by atoms with van der Waals surface area (Å²) in [6, 6.07) is 3.97. The lowest BCUT2D eigenvalue weighted by atomic mass is 10.1. The summed E-state index contributed by atoms with van der Waals surface area (Å²) in [5.74, 6) is 4.90. The van der Waals surface area contributed by atoms with Crippen LogP contribution in [0.1, 0.15) is 19.4 Å². The Morgan fingerprint density at radius 3 is 2.57 bits per heavy atom. The molecule has 0 atom stereocenters. The molecule has 0 aliphatic carbocycles. The zero-order chi connectivity index (χ0) is 10.8. The van der Waals surface area contributed by atoms with Crippen LogP contribution in [0.15, 0.2) is 18.2 Å². The molecule has 0 radical (unpaired) electrons. The van der Waals surface area contributed by atoms with Crippen LogP contribution < -0.4 is 5.73 Å². The molecular weight excluding hydrogens is 181 g/mol. The summed E-state index contributed by atoms with van der Waals surface area (Å²) in [7, 11) is 0. The second-order valence-corrected chi connectivity index (χ2v) is 3.54. The van der Waals surface area contributed by atoms with E-state index in [1.807, 2.05) is 0 Å². The Morgan fingerprint density at radius 2 is 2.07 bits per heavy atom. The molecule has 0 aliphatic heterocycles. The topological polar surface area (TPSA) is 46.2 Å². The number of halogens is 1. The Kier molecular flexibility index (Phi) is 2.78. The van der Waals surface area contributed by atoms with E-state index in [1.165, 1.54) is 18.2 Å². The van der Waals surface area contributed by atoms with Crippen molar-refractivity contribution in [3.8, 4) is 11.8 Å². The number of nitrogen functional groups attached to an aromatic ring is 1. The first kappa shape index (κ1) is 10.6. The molecule has 0 aromatic heterocycles. The van der Waals surface area contributed by atoms with Gasteiger partial charge < -0.3 is 10.8 Å². The summed E-state index contributed by atoms with van der Waals surface area (Å²) in [6.07, 6.45) is 0. The van der Waals surface area contributed by atoms with E-state index in [9.17, 15) is 9.50 Å². The van der Waals surface area contributed by atoms with Gasteiger partial charge in [-0.05, 0) is 32.0 Å². The minimum absolute atomic E-state index is 0.279. The molecule has 3 heteroatoms. The molecule has 2 nitrogen and oxygen atoms in total. The molecular formula is C11H12FNO. The molecule has 0 aliphatic rings. The molecule has 0 heterocycles. The normalized spacial score (nSPS) is 10.6. The van der Waals surface area contributed by atoms with E-state index in [2.05, 4.69) is 11.8 Å². The summed E-state index contributed by atoms with van der Waals surface area (Å²) in [4.78, 5) is 0. The van der Waals surface area contributed by atoms with Gasteiger partial charge in [0.15, 0.2) is 0 Å². The van der Waals surface area contributed by atoms with Gasteiger partial charge in [0.1, 0.15) is 11.4 Å². The molecule has 0 bridgehead atoms. The van der Waals surface area contributed by atoms with Gasteiger partial charge in [-0.1, -0.05) is 11.8 Å². The molecule has 0 unspecified atom stereocenters. The zero-order valence-electron chi connectivity index (χ0n) is 8.13. The number of nitrogens with two attached hydrogens (primary N) is 1. The number of aliphatic hydroxyl groups is 1. The Morgan fingerprint density at radius 1 is 1.43 bits per heavy atom.